The van der Waals surface area contributed by atoms with Crippen LogP contribution in [0.15, 0.2) is 17.0 Å². The lowest BCUT2D eigenvalue weighted by molar-refractivity contribution is -0.122. The van der Waals surface area contributed by atoms with Gasteiger partial charge in [0, 0.05) is 38.8 Å². The lowest BCUT2D eigenvalue weighted by Gasteiger charge is -2.33. The molecule has 148 valence electrons. The van der Waals surface area contributed by atoms with E-state index in [1.54, 1.807) is 0 Å². The number of sulfonamides is 1. The highest BCUT2D eigenvalue weighted by Crippen LogP contribution is 2.36. The number of likely N-dealkylation sites (N-methyl/N-ethyl adjacent to an activating group) is 1. The third kappa shape index (κ3) is 4.34. The molecule has 0 aliphatic carbocycles. The number of benzene rings is 1. The topological polar surface area (TPSA) is 108 Å². The van der Waals surface area contributed by atoms with Gasteiger partial charge in [-0.05, 0) is 13.0 Å². The first-order valence-electron chi connectivity index (χ1n) is 8.56. The smallest absolute Gasteiger partial charge is 0.262 e. The molecule has 1 saturated heterocycles. The monoisotopic (exact) mass is 416 g/mol. The number of rotatable bonds is 5. The normalized spacial score (nSPS) is 18.4. The Labute approximate surface area is 162 Å². The first kappa shape index (κ1) is 19.9. The molecule has 0 spiro atoms. The molecule has 1 aromatic rings. The summed E-state index contributed by atoms with van der Waals surface area (Å²) in [5, 5.41) is 5.34. The maximum absolute atomic E-state index is 13.0. The molecular weight excluding hydrogens is 396 g/mol. The predicted octanol–water partition coefficient (Wildman–Crippen LogP) is 0.113. The minimum Gasteiger partial charge on any atom is -0.482 e. The molecule has 1 fully saturated rings. The van der Waals surface area contributed by atoms with E-state index in [-0.39, 0.29) is 53.7 Å². The maximum Gasteiger partial charge on any atom is 0.262 e. The molecule has 0 bridgehead atoms. The van der Waals surface area contributed by atoms with Gasteiger partial charge in [0.1, 0.15) is 10.6 Å². The number of amides is 2. The number of nitrogens with zero attached hydrogens (tertiary/aromatic N) is 2. The molecule has 2 heterocycles. The zero-order valence-electron chi connectivity index (χ0n) is 14.8. The van der Waals surface area contributed by atoms with E-state index in [0.29, 0.717) is 25.3 Å². The van der Waals surface area contributed by atoms with E-state index in [2.05, 4.69) is 10.6 Å². The number of anilines is 1. The van der Waals surface area contributed by atoms with Crippen LogP contribution < -0.4 is 15.4 Å². The average molecular weight is 417 g/mol. The minimum absolute atomic E-state index is 0.0179. The molecule has 27 heavy (non-hydrogen) atoms. The summed E-state index contributed by atoms with van der Waals surface area (Å²) in [6.45, 7) is 3.89. The van der Waals surface area contributed by atoms with Crippen molar-refractivity contribution in [1.82, 2.24) is 14.5 Å². The number of halogens is 1. The summed E-state index contributed by atoms with van der Waals surface area (Å²) in [4.78, 5) is 24.9. The fourth-order valence-corrected chi connectivity index (χ4v) is 4.94. The van der Waals surface area contributed by atoms with E-state index < -0.39 is 10.0 Å². The van der Waals surface area contributed by atoms with Crippen LogP contribution in [0.2, 0.25) is 5.02 Å². The molecule has 2 aliphatic rings. The fourth-order valence-electron chi connectivity index (χ4n) is 3.00. The minimum atomic E-state index is -3.82. The molecule has 0 unspecified atom stereocenters. The van der Waals surface area contributed by atoms with Crippen molar-refractivity contribution in [3.8, 4) is 5.75 Å². The molecule has 0 radical (unpaired) electrons. The lowest BCUT2D eigenvalue weighted by atomic mass is 10.2. The zero-order chi connectivity index (χ0) is 19.6. The van der Waals surface area contributed by atoms with Crippen molar-refractivity contribution in [1.29, 1.82) is 0 Å². The largest absolute Gasteiger partial charge is 0.482 e. The predicted molar refractivity (Wildman–Crippen MR) is 99.5 cm³/mol. The fraction of sp³-hybridized carbons (Fsp3) is 0.500. The maximum atomic E-state index is 13.0. The second-order valence-corrected chi connectivity index (χ2v) is 8.56. The van der Waals surface area contributed by atoms with Gasteiger partial charge in [0.25, 0.3) is 5.91 Å². The summed E-state index contributed by atoms with van der Waals surface area (Å²) in [6, 6.07) is 2.72. The second-order valence-electron chi connectivity index (χ2n) is 6.25. The molecule has 1 aromatic carbocycles. The summed E-state index contributed by atoms with van der Waals surface area (Å²) >= 11 is 6.17. The number of carbonyl (C=O) groups excluding carboxylic acids is 2. The summed E-state index contributed by atoms with van der Waals surface area (Å²) < 4.78 is 32.6. The van der Waals surface area contributed by atoms with Crippen LogP contribution in [-0.2, 0) is 19.6 Å². The van der Waals surface area contributed by atoms with Crippen molar-refractivity contribution in [2.45, 2.75) is 11.8 Å². The highest BCUT2D eigenvalue weighted by molar-refractivity contribution is 7.89. The van der Waals surface area contributed by atoms with Crippen molar-refractivity contribution in [2.24, 2.45) is 0 Å². The molecule has 2 aliphatic heterocycles. The second kappa shape index (κ2) is 8.01. The summed E-state index contributed by atoms with van der Waals surface area (Å²) in [5.41, 5.74) is 0.349. The molecule has 0 saturated carbocycles. The van der Waals surface area contributed by atoms with Crippen molar-refractivity contribution in [3.05, 3.63) is 17.2 Å². The van der Waals surface area contributed by atoms with Crippen LogP contribution in [0, 0.1) is 0 Å². The van der Waals surface area contributed by atoms with Crippen LogP contribution in [0.25, 0.3) is 0 Å². The summed E-state index contributed by atoms with van der Waals surface area (Å²) in [6.07, 6.45) is 0. The highest BCUT2D eigenvalue weighted by Gasteiger charge is 2.32. The Morgan fingerprint density at radius 3 is 2.67 bits per heavy atom. The van der Waals surface area contributed by atoms with E-state index in [4.69, 9.17) is 16.3 Å². The molecule has 11 heteroatoms. The van der Waals surface area contributed by atoms with Gasteiger partial charge in [0.05, 0.1) is 17.3 Å². The number of hydrogen-bond acceptors (Lipinski definition) is 6. The van der Waals surface area contributed by atoms with E-state index in [9.17, 15) is 18.0 Å². The summed E-state index contributed by atoms with van der Waals surface area (Å²) in [5.74, 6) is -0.129. The SMILES string of the molecule is CCNC(=O)CN1CCN(S(=O)(=O)c2cc3c(cc2Cl)NC(=O)CO3)CC1. The van der Waals surface area contributed by atoms with E-state index in [1.807, 2.05) is 11.8 Å². The van der Waals surface area contributed by atoms with Gasteiger partial charge >= 0.3 is 0 Å². The molecule has 0 aromatic heterocycles. The average Bonchev–Trinajstić information content (AvgIpc) is 2.61. The first-order chi connectivity index (χ1) is 12.8. The third-order valence-corrected chi connectivity index (χ3v) is 6.72. The standard InChI is InChI=1S/C16H21ClN4O5S/c1-2-18-15(22)9-20-3-5-21(6-4-20)27(24,25)14-8-13-12(7-11(14)17)19-16(23)10-26-13/h7-8H,2-6,9-10H2,1H3,(H,18,22)(H,19,23). The Kier molecular flexibility index (Phi) is 5.89. The Hall–Kier alpha value is -1.88. The quantitative estimate of drug-likeness (QED) is 0.705. The van der Waals surface area contributed by atoms with Gasteiger partial charge in [0.15, 0.2) is 6.61 Å². The molecular formula is C16H21ClN4O5S. The van der Waals surface area contributed by atoms with Gasteiger partial charge in [-0.15, -0.1) is 0 Å². The van der Waals surface area contributed by atoms with Crippen LogP contribution in [0.3, 0.4) is 0 Å². The van der Waals surface area contributed by atoms with Gasteiger partial charge in [-0.2, -0.15) is 4.31 Å². The van der Waals surface area contributed by atoms with E-state index in [1.165, 1.54) is 16.4 Å². The number of ether oxygens (including phenoxy) is 1. The van der Waals surface area contributed by atoms with Gasteiger partial charge in [-0.1, -0.05) is 11.6 Å². The number of carbonyl (C=O) groups is 2. The van der Waals surface area contributed by atoms with E-state index >= 15 is 0 Å². The first-order valence-corrected chi connectivity index (χ1v) is 10.4. The Morgan fingerprint density at radius 1 is 1.30 bits per heavy atom. The zero-order valence-corrected chi connectivity index (χ0v) is 16.4. The number of hydrogen-bond donors (Lipinski definition) is 2. The molecule has 3 rings (SSSR count). The number of piperazine rings is 1. The Balaban J connectivity index is 1.72. The Bertz CT molecular complexity index is 853. The van der Waals surface area contributed by atoms with Crippen LogP contribution >= 0.6 is 11.6 Å². The number of nitrogens with one attached hydrogen (secondary N) is 2. The van der Waals surface area contributed by atoms with Crippen LogP contribution in [-0.4, -0.2) is 75.3 Å². The Morgan fingerprint density at radius 2 is 2.00 bits per heavy atom. The van der Waals surface area contributed by atoms with Crippen molar-refractivity contribution in [3.63, 3.8) is 0 Å². The van der Waals surface area contributed by atoms with Crippen molar-refractivity contribution in [2.75, 3.05) is 51.2 Å². The molecule has 2 amide bonds. The number of fused-ring (bicyclic) bond motifs is 1. The lowest BCUT2D eigenvalue weighted by Crippen LogP contribution is -2.51. The van der Waals surface area contributed by atoms with Gasteiger partial charge in [-0.3, -0.25) is 14.5 Å². The van der Waals surface area contributed by atoms with Crippen molar-refractivity contribution >= 4 is 39.1 Å². The third-order valence-electron chi connectivity index (χ3n) is 4.36. The van der Waals surface area contributed by atoms with E-state index in [0.717, 1.165) is 0 Å². The molecule has 9 nitrogen and oxygen atoms in total. The molecule has 0 atom stereocenters. The highest BCUT2D eigenvalue weighted by atomic mass is 35.5. The van der Waals surface area contributed by atoms with Gasteiger partial charge in [0.2, 0.25) is 15.9 Å². The van der Waals surface area contributed by atoms with Crippen LogP contribution in [0.4, 0.5) is 5.69 Å². The van der Waals surface area contributed by atoms with Gasteiger partial charge < -0.3 is 15.4 Å². The van der Waals surface area contributed by atoms with Crippen LogP contribution in [0.5, 0.6) is 5.75 Å². The molecule has 2 N–H and O–H groups in total. The van der Waals surface area contributed by atoms with Crippen molar-refractivity contribution < 1.29 is 22.7 Å². The summed E-state index contributed by atoms with van der Waals surface area (Å²) in [7, 11) is -3.82. The van der Waals surface area contributed by atoms with Crippen LogP contribution in [0.1, 0.15) is 6.92 Å². The van der Waals surface area contributed by atoms with Gasteiger partial charge in [-0.25, -0.2) is 8.42 Å².